The quantitative estimate of drug-likeness (QED) is 0.580. The zero-order valence-electron chi connectivity index (χ0n) is 14.8. The maximum atomic E-state index is 11.6. The number of hydrogen-bond donors (Lipinski definition) is 1. The van der Waals surface area contributed by atoms with Crippen molar-refractivity contribution in [3.8, 4) is 0 Å². The summed E-state index contributed by atoms with van der Waals surface area (Å²) in [5.74, 6) is -0.270. The molecule has 0 bridgehead atoms. The lowest BCUT2D eigenvalue weighted by atomic mass is 10.0. The number of benzene rings is 2. The van der Waals surface area contributed by atoms with Gasteiger partial charge in [0.05, 0.1) is 13.5 Å². The summed E-state index contributed by atoms with van der Waals surface area (Å²) in [5, 5.41) is 2.71. The van der Waals surface area contributed by atoms with Gasteiger partial charge in [-0.3, -0.25) is 4.79 Å². The fourth-order valence-electron chi connectivity index (χ4n) is 2.33. The maximum absolute atomic E-state index is 11.6. The van der Waals surface area contributed by atoms with Crippen LogP contribution in [0.5, 0.6) is 0 Å². The van der Waals surface area contributed by atoms with E-state index in [1.165, 1.54) is 7.11 Å². The molecule has 0 heterocycles. The fraction of sp³-hybridized carbons (Fsp3) is 0.238. The summed E-state index contributed by atoms with van der Waals surface area (Å²) >= 11 is 0. The maximum Gasteiger partial charge on any atom is 0.407 e. The van der Waals surface area contributed by atoms with Gasteiger partial charge in [-0.05, 0) is 23.1 Å². The number of carbonyl (C=O) groups is 2. The van der Waals surface area contributed by atoms with E-state index in [-0.39, 0.29) is 19.0 Å². The highest BCUT2D eigenvalue weighted by molar-refractivity contribution is 5.74. The fourth-order valence-corrected chi connectivity index (χ4v) is 2.33. The van der Waals surface area contributed by atoms with Crippen molar-refractivity contribution in [2.75, 3.05) is 13.7 Å². The van der Waals surface area contributed by atoms with Crippen LogP contribution in [0.1, 0.15) is 23.1 Å². The second kappa shape index (κ2) is 10.7. The minimum absolute atomic E-state index is 0.237. The van der Waals surface area contributed by atoms with E-state index in [0.29, 0.717) is 13.0 Å². The molecule has 0 fully saturated rings. The Morgan fingerprint density at radius 2 is 1.77 bits per heavy atom. The normalized spacial score (nSPS) is 10.5. The number of nitrogens with one attached hydrogen (secondary N) is 1. The SMILES string of the molecule is COC(=O)Cc1ccccc1C=CCCNC(=O)OCc1ccccc1. The van der Waals surface area contributed by atoms with Gasteiger partial charge in [-0.2, -0.15) is 0 Å². The summed E-state index contributed by atoms with van der Waals surface area (Å²) in [5.41, 5.74) is 2.82. The zero-order chi connectivity index (χ0) is 18.6. The number of rotatable bonds is 8. The van der Waals surface area contributed by atoms with Gasteiger partial charge < -0.3 is 14.8 Å². The van der Waals surface area contributed by atoms with Crippen molar-refractivity contribution in [1.82, 2.24) is 5.32 Å². The van der Waals surface area contributed by atoms with Gasteiger partial charge >= 0.3 is 12.1 Å². The van der Waals surface area contributed by atoms with Gasteiger partial charge in [0, 0.05) is 6.54 Å². The Morgan fingerprint density at radius 3 is 2.54 bits per heavy atom. The molecule has 0 spiro atoms. The largest absolute Gasteiger partial charge is 0.469 e. The number of alkyl carbamates (subject to hydrolysis) is 1. The molecule has 5 heteroatoms. The number of amides is 1. The molecule has 0 aromatic heterocycles. The molecule has 0 atom stereocenters. The van der Waals surface area contributed by atoms with Gasteiger partial charge in [0.1, 0.15) is 6.61 Å². The van der Waals surface area contributed by atoms with Crippen LogP contribution in [0.3, 0.4) is 0 Å². The van der Waals surface area contributed by atoms with E-state index < -0.39 is 6.09 Å². The first-order valence-corrected chi connectivity index (χ1v) is 8.45. The van der Waals surface area contributed by atoms with Crippen molar-refractivity contribution >= 4 is 18.1 Å². The Hall–Kier alpha value is -3.08. The lowest BCUT2D eigenvalue weighted by molar-refractivity contribution is -0.139. The summed E-state index contributed by atoms with van der Waals surface area (Å²) in [6.07, 6.45) is 4.35. The average Bonchev–Trinajstić information content (AvgIpc) is 2.68. The third-order valence-corrected chi connectivity index (χ3v) is 3.71. The van der Waals surface area contributed by atoms with Gasteiger partial charge in [0.15, 0.2) is 0 Å². The summed E-state index contributed by atoms with van der Waals surface area (Å²) in [7, 11) is 1.38. The van der Waals surface area contributed by atoms with Crippen LogP contribution in [0.15, 0.2) is 60.7 Å². The Morgan fingerprint density at radius 1 is 1.04 bits per heavy atom. The second-order valence-electron chi connectivity index (χ2n) is 5.63. The molecule has 0 saturated heterocycles. The summed E-state index contributed by atoms with van der Waals surface area (Å²) in [6.45, 7) is 0.729. The van der Waals surface area contributed by atoms with Crippen LogP contribution >= 0.6 is 0 Å². The van der Waals surface area contributed by atoms with E-state index in [9.17, 15) is 9.59 Å². The van der Waals surface area contributed by atoms with Crippen molar-refractivity contribution in [3.05, 3.63) is 77.4 Å². The Labute approximate surface area is 153 Å². The molecule has 1 N–H and O–H groups in total. The van der Waals surface area contributed by atoms with Crippen LogP contribution < -0.4 is 5.32 Å². The Balaban J connectivity index is 1.72. The molecular weight excluding hydrogens is 330 g/mol. The predicted molar refractivity (Wildman–Crippen MR) is 100 cm³/mol. The van der Waals surface area contributed by atoms with Gasteiger partial charge in [0.2, 0.25) is 0 Å². The third kappa shape index (κ3) is 6.81. The van der Waals surface area contributed by atoms with Gasteiger partial charge in [-0.15, -0.1) is 0 Å². The van der Waals surface area contributed by atoms with Gasteiger partial charge in [0.25, 0.3) is 0 Å². The minimum atomic E-state index is -0.437. The Kier molecular flexibility index (Phi) is 7.93. The van der Waals surface area contributed by atoms with E-state index in [1.807, 2.05) is 66.7 Å². The molecule has 26 heavy (non-hydrogen) atoms. The molecule has 2 aromatic carbocycles. The van der Waals surface area contributed by atoms with Crippen LogP contribution in [0.2, 0.25) is 0 Å². The highest BCUT2D eigenvalue weighted by atomic mass is 16.5. The first kappa shape index (κ1) is 19.2. The summed E-state index contributed by atoms with van der Waals surface area (Å²) < 4.78 is 9.85. The minimum Gasteiger partial charge on any atom is -0.469 e. The van der Waals surface area contributed by atoms with E-state index in [4.69, 9.17) is 9.47 Å². The number of esters is 1. The number of ether oxygens (including phenoxy) is 2. The molecule has 0 aliphatic rings. The topological polar surface area (TPSA) is 64.6 Å². The van der Waals surface area contributed by atoms with E-state index >= 15 is 0 Å². The lowest BCUT2D eigenvalue weighted by Gasteiger charge is -2.06. The Bertz CT molecular complexity index is 741. The zero-order valence-corrected chi connectivity index (χ0v) is 14.8. The summed E-state index contributed by atoms with van der Waals surface area (Å²) in [4.78, 5) is 23.1. The number of hydrogen-bond acceptors (Lipinski definition) is 4. The molecule has 0 saturated carbocycles. The molecule has 136 valence electrons. The van der Waals surface area contributed by atoms with Crippen LogP contribution in [-0.2, 0) is 27.3 Å². The summed E-state index contributed by atoms with van der Waals surface area (Å²) in [6, 6.07) is 17.2. The lowest BCUT2D eigenvalue weighted by Crippen LogP contribution is -2.24. The molecule has 0 unspecified atom stereocenters. The van der Waals surface area contributed by atoms with Crippen LogP contribution in [-0.4, -0.2) is 25.7 Å². The standard InChI is InChI=1S/C21H23NO4/c1-25-20(23)15-19-13-6-5-11-18(19)12-7-8-14-22-21(24)26-16-17-9-3-2-4-10-17/h2-7,9-13H,8,14-16H2,1H3,(H,22,24). The number of methoxy groups -OCH3 is 1. The smallest absolute Gasteiger partial charge is 0.407 e. The van der Waals surface area contributed by atoms with Crippen molar-refractivity contribution < 1.29 is 19.1 Å². The van der Waals surface area contributed by atoms with Gasteiger partial charge in [-0.25, -0.2) is 4.79 Å². The van der Waals surface area contributed by atoms with Crippen LogP contribution in [0.25, 0.3) is 6.08 Å². The second-order valence-corrected chi connectivity index (χ2v) is 5.63. The third-order valence-electron chi connectivity index (χ3n) is 3.71. The van der Waals surface area contributed by atoms with E-state index in [2.05, 4.69) is 5.32 Å². The van der Waals surface area contributed by atoms with Crippen LogP contribution in [0.4, 0.5) is 4.79 Å². The first-order chi connectivity index (χ1) is 12.7. The van der Waals surface area contributed by atoms with Crippen molar-refractivity contribution in [3.63, 3.8) is 0 Å². The van der Waals surface area contributed by atoms with Crippen molar-refractivity contribution in [1.29, 1.82) is 0 Å². The van der Waals surface area contributed by atoms with E-state index in [0.717, 1.165) is 16.7 Å². The molecule has 0 radical (unpaired) electrons. The average molecular weight is 353 g/mol. The highest BCUT2D eigenvalue weighted by Gasteiger charge is 2.05. The van der Waals surface area contributed by atoms with Crippen molar-refractivity contribution in [2.24, 2.45) is 0 Å². The molecule has 1 amide bonds. The van der Waals surface area contributed by atoms with E-state index in [1.54, 1.807) is 0 Å². The molecular formula is C21H23NO4. The monoisotopic (exact) mass is 353 g/mol. The van der Waals surface area contributed by atoms with Gasteiger partial charge in [-0.1, -0.05) is 66.7 Å². The van der Waals surface area contributed by atoms with Crippen LogP contribution in [0, 0.1) is 0 Å². The molecule has 2 rings (SSSR count). The number of carbonyl (C=O) groups excluding carboxylic acids is 2. The molecule has 5 nitrogen and oxygen atoms in total. The first-order valence-electron chi connectivity index (χ1n) is 8.45. The molecule has 2 aromatic rings. The molecule has 0 aliphatic carbocycles. The highest BCUT2D eigenvalue weighted by Crippen LogP contribution is 2.12. The van der Waals surface area contributed by atoms with Crippen molar-refractivity contribution in [2.45, 2.75) is 19.4 Å². The molecule has 0 aliphatic heterocycles. The predicted octanol–water partition coefficient (Wildman–Crippen LogP) is 3.73.